The van der Waals surface area contributed by atoms with Gasteiger partial charge in [0.05, 0.1) is 9.26 Å². The molecule has 116 valence electrons. The molecule has 2 aliphatic heterocycles. The van der Waals surface area contributed by atoms with Crippen LogP contribution >= 0.6 is 34.2 Å². The molecule has 3 heterocycles. The number of anilines is 1. The fourth-order valence-corrected chi connectivity index (χ4v) is 4.09. The summed E-state index contributed by atoms with van der Waals surface area (Å²) in [4.78, 5) is 11.7. The van der Waals surface area contributed by atoms with Gasteiger partial charge in [-0.25, -0.2) is 4.98 Å². The smallest absolute Gasteiger partial charge is 0.131 e. The van der Waals surface area contributed by atoms with Crippen molar-refractivity contribution in [1.82, 2.24) is 14.8 Å². The van der Waals surface area contributed by atoms with Gasteiger partial charge in [-0.1, -0.05) is 11.6 Å². The molecule has 21 heavy (non-hydrogen) atoms. The van der Waals surface area contributed by atoms with Crippen molar-refractivity contribution in [3.05, 3.63) is 21.0 Å². The summed E-state index contributed by atoms with van der Waals surface area (Å²) in [7, 11) is 2.22. The van der Waals surface area contributed by atoms with E-state index in [0.29, 0.717) is 5.15 Å². The first kappa shape index (κ1) is 15.8. The molecule has 0 amide bonds. The van der Waals surface area contributed by atoms with E-state index in [1.165, 1.54) is 48.3 Å². The molecule has 4 nitrogen and oxygen atoms in total. The van der Waals surface area contributed by atoms with Crippen molar-refractivity contribution in [3.63, 3.8) is 0 Å². The highest BCUT2D eigenvalue weighted by molar-refractivity contribution is 14.1. The quantitative estimate of drug-likeness (QED) is 0.542. The van der Waals surface area contributed by atoms with E-state index in [-0.39, 0.29) is 0 Å². The van der Waals surface area contributed by atoms with E-state index >= 15 is 0 Å². The second kappa shape index (κ2) is 6.98. The van der Waals surface area contributed by atoms with Crippen molar-refractivity contribution in [1.29, 1.82) is 0 Å². The molecule has 2 saturated heterocycles. The van der Waals surface area contributed by atoms with Crippen molar-refractivity contribution >= 4 is 39.9 Å². The first-order valence-electron chi connectivity index (χ1n) is 7.62. The Kier molecular flexibility index (Phi) is 5.24. The Bertz CT molecular complexity index is 483. The third kappa shape index (κ3) is 3.81. The Morgan fingerprint density at radius 3 is 2.48 bits per heavy atom. The van der Waals surface area contributed by atoms with Crippen LogP contribution in [0, 0.1) is 3.57 Å². The molecular weight excluding hydrogens is 399 g/mol. The number of piperidine rings is 1. The zero-order chi connectivity index (χ0) is 14.8. The fraction of sp³-hybridized carbons (Fsp3) is 0.667. The predicted octanol–water partition coefficient (Wildman–Crippen LogP) is 2.56. The van der Waals surface area contributed by atoms with Gasteiger partial charge in [-0.3, -0.25) is 4.90 Å². The van der Waals surface area contributed by atoms with E-state index in [0.717, 1.165) is 19.1 Å². The van der Waals surface area contributed by atoms with Crippen molar-refractivity contribution in [2.45, 2.75) is 18.9 Å². The third-order valence-corrected chi connectivity index (χ3v) is 5.70. The standard InChI is InChI=1S/C15H22ClIN4/c1-19-6-8-20(9-7-19)12-2-4-21(5-3-12)14-10-15(16)18-11-13(14)17/h10-12H,2-9H2,1H3. The highest BCUT2D eigenvalue weighted by atomic mass is 127. The minimum Gasteiger partial charge on any atom is -0.370 e. The molecule has 0 atom stereocenters. The van der Waals surface area contributed by atoms with Crippen LogP contribution in [0.5, 0.6) is 0 Å². The Morgan fingerprint density at radius 2 is 1.81 bits per heavy atom. The first-order chi connectivity index (χ1) is 10.1. The van der Waals surface area contributed by atoms with Crippen LogP contribution in [0.3, 0.4) is 0 Å². The lowest BCUT2D eigenvalue weighted by atomic mass is 10.0. The van der Waals surface area contributed by atoms with Crippen LogP contribution in [-0.2, 0) is 0 Å². The monoisotopic (exact) mass is 420 g/mol. The van der Waals surface area contributed by atoms with Crippen LogP contribution < -0.4 is 4.90 Å². The summed E-state index contributed by atoms with van der Waals surface area (Å²) in [6, 6.07) is 2.75. The van der Waals surface area contributed by atoms with E-state index in [2.05, 4.69) is 49.3 Å². The lowest BCUT2D eigenvalue weighted by molar-refractivity contribution is 0.0982. The molecular formula is C15H22ClIN4. The topological polar surface area (TPSA) is 22.6 Å². The summed E-state index contributed by atoms with van der Waals surface area (Å²) < 4.78 is 1.19. The summed E-state index contributed by atoms with van der Waals surface area (Å²) in [5, 5.41) is 0.589. The molecule has 1 aromatic heterocycles. The number of nitrogens with zero attached hydrogens (tertiary/aromatic N) is 4. The molecule has 0 aliphatic carbocycles. The van der Waals surface area contributed by atoms with Crippen molar-refractivity contribution in [2.75, 3.05) is 51.2 Å². The first-order valence-corrected chi connectivity index (χ1v) is 9.08. The Hall–Kier alpha value is -0.110. The highest BCUT2D eigenvalue weighted by Gasteiger charge is 2.27. The van der Waals surface area contributed by atoms with E-state index in [1.807, 2.05) is 12.3 Å². The number of hydrogen-bond acceptors (Lipinski definition) is 4. The van der Waals surface area contributed by atoms with Gasteiger partial charge in [0.1, 0.15) is 5.15 Å². The lowest BCUT2D eigenvalue weighted by Crippen LogP contribution is -2.52. The maximum atomic E-state index is 6.05. The van der Waals surface area contributed by atoms with E-state index in [4.69, 9.17) is 11.6 Å². The summed E-state index contributed by atoms with van der Waals surface area (Å²) in [5.41, 5.74) is 1.24. The molecule has 0 spiro atoms. The van der Waals surface area contributed by atoms with Crippen molar-refractivity contribution in [3.8, 4) is 0 Å². The average Bonchev–Trinajstić information content (AvgIpc) is 2.51. The SMILES string of the molecule is CN1CCN(C2CCN(c3cc(Cl)ncc3I)CC2)CC1. The molecule has 0 unspecified atom stereocenters. The number of likely N-dealkylation sites (N-methyl/N-ethyl adjacent to an activating group) is 1. The normalized spacial score (nSPS) is 22.7. The zero-order valence-corrected chi connectivity index (χ0v) is 15.3. The van der Waals surface area contributed by atoms with Crippen LogP contribution in [-0.4, -0.2) is 67.1 Å². The third-order valence-electron chi connectivity index (χ3n) is 4.66. The number of rotatable bonds is 2. The van der Waals surface area contributed by atoms with Gasteiger partial charge >= 0.3 is 0 Å². The Balaban J connectivity index is 1.59. The van der Waals surface area contributed by atoms with Crippen molar-refractivity contribution < 1.29 is 0 Å². The Labute approximate surface area is 145 Å². The van der Waals surface area contributed by atoms with Gasteiger partial charge in [-0.15, -0.1) is 0 Å². The van der Waals surface area contributed by atoms with E-state index in [1.54, 1.807) is 0 Å². The second-order valence-corrected chi connectivity index (χ2v) is 7.57. The van der Waals surface area contributed by atoms with Gasteiger partial charge in [-0.2, -0.15) is 0 Å². The van der Waals surface area contributed by atoms with Crippen molar-refractivity contribution in [2.24, 2.45) is 0 Å². The predicted molar refractivity (Wildman–Crippen MR) is 96.3 cm³/mol. The van der Waals surface area contributed by atoms with Crippen LogP contribution in [0.15, 0.2) is 12.3 Å². The maximum Gasteiger partial charge on any atom is 0.131 e. The zero-order valence-electron chi connectivity index (χ0n) is 12.4. The number of piperazine rings is 1. The van der Waals surface area contributed by atoms with Gasteiger partial charge in [0, 0.05) is 51.5 Å². The largest absolute Gasteiger partial charge is 0.370 e. The fourth-order valence-electron chi connectivity index (χ4n) is 3.30. The summed E-state index contributed by atoms with van der Waals surface area (Å²) >= 11 is 8.40. The number of aromatic nitrogens is 1. The van der Waals surface area contributed by atoms with E-state index < -0.39 is 0 Å². The van der Waals surface area contributed by atoms with Crippen LogP contribution in [0.4, 0.5) is 5.69 Å². The van der Waals surface area contributed by atoms with Gasteiger partial charge in [0.15, 0.2) is 0 Å². The minimum absolute atomic E-state index is 0.589. The highest BCUT2D eigenvalue weighted by Crippen LogP contribution is 2.28. The molecule has 0 bridgehead atoms. The molecule has 1 aromatic rings. The molecule has 2 fully saturated rings. The number of halogens is 2. The summed E-state index contributed by atoms with van der Waals surface area (Å²) in [6.45, 7) is 7.09. The molecule has 0 radical (unpaired) electrons. The lowest BCUT2D eigenvalue weighted by Gasteiger charge is -2.42. The number of pyridine rings is 1. The van der Waals surface area contributed by atoms with Crippen LogP contribution in [0.25, 0.3) is 0 Å². The Morgan fingerprint density at radius 1 is 1.14 bits per heavy atom. The van der Waals surface area contributed by atoms with Gasteiger partial charge < -0.3 is 9.80 Å². The molecule has 0 saturated carbocycles. The maximum absolute atomic E-state index is 6.05. The summed E-state index contributed by atoms with van der Waals surface area (Å²) in [5.74, 6) is 0. The van der Waals surface area contributed by atoms with E-state index in [9.17, 15) is 0 Å². The molecule has 0 N–H and O–H groups in total. The second-order valence-electron chi connectivity index (χ2n) is 6.02. The average molecular weight is 421 g/mol. The minimum atomic E-state index is 0.589. The molecule has 2 aliphatic rings. The van der Waals surface area contributed by atoms with Crippen LogP contribution in [0.2, 0.25) is 5.15 Å². The van der Waals surface area contributed by atoms with Crippen LogP contribution in [0.1, 0.15) is 12.8 Å². The molecule has 0 aromatic carbocycles. The number of hydrogen-bond donors (Lipinski definition) is 0. The molecule has 6 heteroatoms. The van der Waals surface area contributed by atoms with Gasteiger partial charge in [-0.05, 0) is 48.5 Å². The summed E-state index contributed by atoms with van der Waals surface area (Å²) in [6.07, 6.45) is 4.37. The molecule has 3 rings (SSSR count). The van der Waals surface area contributed by atoms with Gasteiger partial charge in [0.2, 0.25) is 0 Å². The van der Waals surface area contributed by atoms with Gasteiger partial charge in [0.25, 0.3) is 0 Å².